The Hall–Kier alpha value is -2.73. The Morgan fingerprint density at radius 2 is 1.66 bits per heavy atom. The lowest BCUT2D eigenvalue weighted by Crippen LogP contribution is -2.52. The van der Waals surface area contributed by atoms with E-state index in [2.05, 4.69) is 43.0 Å². The van der Waals surface area contributed by atoms with E-state index >= 15 is 0 Å². The molecule has 196 valence electrons. The Morgan fingerprint density at radius 3 is 2.34 bits per heavy atom. The van der Waals surface area contributed by atoms with E-state index in [4.69, 9.17) is 14.7 Å². The summed E-state index contributed by atoms with van der Waals surface area (Å²) in [5.74, 6) is 2.09. The minimum absolute atomic E-state index is 0.190. The highest BCUT2D eigenvalue weighted by Gasteiger charge is 2.56. The summed E-state index contributed by atoms with van der Waals surface area (Å²) in [4.78, 5) is 7.38. The number of hydrogen-bond donors (Lipinski definition) is 0. The number of hydrogen-bond acceptors (Lipinski definition) is 5. The molecule has 0 radical (unpaired) electrons. The highest BCUT2D eigenvalue weighted by molar-refractivity contribution is 7.22. The predicted octanol–water partition coefficient (Wildman–Crippen LogP) is 8.59. The second kappa shape index (κ2) is 8.14. The first kappa shape index (κ1) is 23.2. The molecule has 6 heteroatoms. The fraction of sp³-hybridized carbons (Fsp3) is 0.500. The monoisotopic (exact) mass is 527 g/mol. The van der Waals surface area contributed by atoms with Gasteiger partial charge < -0.3 is 9.42 Å². The van der Waals surface area contributed by atoms with Gasteiger partial charge in [0.2, 0.25) is 0 Å². The molecule has 2 saturated heterocycles. The lowest BCUT2D eigenvalue weighted by Gasteiger charge is -2.55. The summed E-state index contributed by atoms with van der Waals surface area (Å²) in [6.45, 7) is 6.35. The minimum atomic E-state index is -0.190. The third kappa shape index (κ3) is 3.45. The highest BCUT2D eigenvalue weighted by atomic mass is 32.1. The largest absolute Gasteiger partial charge is 0.360 e. The lowest BCUT2D eigenvalue weighted by atomic mass is 9.54. The molecular formula is C32H34FN3OS. The van der Waals surface area contributed by atoms with E-state index in [0.29, 0.717) is 34.9 Å². The maximum Gasteiger partial charge on any atom is 0.187 e. The number of halogens is 1. The number of thiazole rings is 1. The minimum Gasteiger partial charge on any atom is -0.360 e. The molecule has 2 bridgehead atoms. The number of benzene rings is 2. The second-order valence-corrected chi connectivity index (χ2v) is 13.8. The Morgan fingerprint density at radius 1 is 0.947 bits per heavy atom. The summed E-state index contributed by atoms with van der Waals surface area (Å²) in [7, 11) is 0. The van der Waals surface area contributed by atoms with Crippen LogP contribution in [0.25, 0.3) is 21.5 Å². The molecule has 2 aromatic heterocycles. The van der Waals surface area contributed by atoms with Crippen LogP contribution in [0.3, 0.4) is 0 Å². The molecule has 38 heavy (non-hydrogen) atoms. The standard InChI is InChI=1S/C32H34FN3OS/c1-17-11-24(33)28-25(12-17)38-31(34-28)36-22-9-10-23(36)16-32(15-22)13-21(14-32)27-29(35-37-30(27)20-7-8-20)26-18(2)5-4-6-19(26)3/h4-6,11-12,20-23H,7-10,13-16H2,1-3H3. The number of fused-ring (bicyclic) bond motifs is 3. The predicted molar refractivity (Wildman–Crippen MR) is 151 cm³/mol. The van der Waals surface area contributed by atoms with Crippen LogP contribution in [0.2, 0.25) is 0 Å². The van der Waals surface area contributed by atoms with Crippen LogP contribution in [0.15, 0.2) is 34.9 Å². The number of aryl methyl sites for hydroxylation is 3. The Bertz CT molecular complexity index is 1540. The Kier molecular flexibility index (Phi) is 4.97. The SMILES string of the molecule is Cc1cc(F)c2nc(N3C4CCC3CC3(CC(c5c(-c6c(C)cccc6C)noc5C5CC5)C3)C4)sc2c1. The van der Waals surface area contributed by atoms with Crippen molar-refractivity contribution in [1.29, 1.82) is 0 Å². The van der Waals surface area contributed by atoms with E-state index in [-0.39, 0.29) is 5.82 Å². The van der Waals surface area contributed by atoms with Crippen molar-refractivity contribution in [1.82, 2.24) is 10.1 Å². The number of rotatable bonds is 4. The summed E-state index contributed by atoms with van der Waals surface area (Å²) in [5, 5.41) is 5.74. The van der Waals surface area contributed by atoms with Gasteiger partial charge in [0.1, 0.15) is 17.0 Å². The fourth-order valence-corrected chi connectivity index (χ4v) is 9.43. The molecule has 0 N–H and O–H groups in total. The Labute approximate surface area is 227 Å². The van der Waals surface area contributed by atoms with E-state index in [1.807, 2.05) is 6.92 Å². The number of piperidine rings is 1. The zero-order chi connectivity index (χ0) is 25.8. The van der Waals surface area contributed by atoms with E-state index in [0.717, 1.165) is 21.1 Å². The quantitative estimate of drug-likeness (QED) is 0.266. The average molecular weight is 528 g/mol. The van der Waals surface area contributed by atoms with Crippen LogP contribution >= 0.6 is 11.3 Å². The maximum atomic E-state index is 14.6. The van der Waals surface area contributed by atoms with Crippen LogP contribution in [-0.4, -0.2) is 22.2 Å². The van der Waals surface area contributed by atoms with Crippen LogP contribution in [0, 0.1) is 32.0 Å². The summed E-state index contributed by atoms with van der Waals surface area (Å²) in [6.07, 6.45) is 9.83. The van der Waals surface area contributed by atoms with Gasteiger partial charge in [0.05, 0.1) is 4.70 Å². The van der Waals surface area contributed by atoms with Crippen LogP contribution in [0.5, 0.6) is 0 Å². The van der Waals surface area contributed by atoms with Crippen molar-refractivity contribution in [3.63, 3.8) is 0 Å². The molecule has 2 aliphatic heterocycles. The Balaban J connectivity index is 1.08. The van der Waals surface area contributed by atoms with Gasteiger partial charge in [-0.2, -0.15) is 0 Å². The summed E-state index contributed by atoms with van der Waals surface area (Å²) in [5.41, 5.74) is 8.27. The molecule has 0 amide bonds. The highest BCUT2D eigenvalue weighted by Crippen LogP contribution is 2.64. The van der Waals surface area contributed by atoms with E-state index in [1.165, 1.54) is 79.4 Å². The third-order valence-corrected chi connectivity index (χ3v) is 11.0. The molecule has 2 saturated carbocycles. The molecule has 2 aromatic carbocycles. The number of anilines is 1. The van der Waals surface area contributed by atoms with Gasteiger partial charge in [-0.05, 0) is 112 Å². The van der Waals surface area contributed by atoms with Gasteiger partial charge in [-0.15, -0.1) is 0 Å². The molecule has 8 rings (SSSR count). The lowest BCUT2D eigenvalue weighted by molar-refractivity contribution is 0.0483. The van der Waals surface area contributed by atoms with Crippen molar-refractivity contribution in [2.24, 2.45) is 5.41 Å². The summed E-state index contributed by atoms with van der Waals surface area (Å²) in [6, 6.07) is 11.2. The van der Waals surface area contributed by atoms with E-state index < -0.39 is 0 Å². The molecular weight excluding hydrogens is 493 g/mol. The first-order valence-corrected chi connectivity index (χ1v) is 15.1. The van der Waals surface area contributed by atoms with Crippen molar-refractivity contribution >= 4 is 26.7 Å². The molecule has 2 atom stereocenters. The first-order valence-electron chi connectivity index (χ1n) is 14.3. The molecule has 2 unspecified atom stereocenters. The average Bonchev–Trinajstić information content (AvgIpc) is 3.37. The molecule has 4 aromatic rings. The summed E-state index contributed by atoms with van der Waals surface area (Å²) >= 11 is 1.67. The number of nitrogens with zero attached hydrogens (tertiary/aromatic N) is 3. The molecule has 2 aliphatic carbocycles. The number of aromatic nitrogens is 2. The van der Waals surface area contributed by atoms with Crippen molar-refractivity contribution in [2.45, 2.75) is 96.1 Å². The van der Waals surface area contributed by atoms with Gasteiger partial charge in [-0.3, -0.25) is 0 Å². The second-order valence-electron chi connectivity index (χ2n) is 12.7. The normalized spacial score (nSPS) is 28.4. The van der Waals surface area contributed by atoms with Gasteiger partial charge >= 0.3 is 0 Å². The van der Waals surface area contributed by atoms with Crippen molar-refractivity contribution in [3.05, 3.63) is 64.2 Å². The zero-order valence-electron chi connectivity index (χ0n) is 22.4. The van der Waals surface area contributed by atoms with Gasteiger partial charge in [0, 0.05) is 29.1 Å². The van der Waals surface area contributed by atoms with Crippen LogP contribution < -0.4 is 4.90 Å². The smallest absolute Gasteiger partial charge is 0.187 e. The zero-order valence-corrected chi connectivity index (χ0v) is 23.2. The van der Waals surface area contributed by atoms with Crippen LogP contribution in [-0.2, 0) is 0 Å². The third-order valence-electron chi connectivity index (χ3n) is 9.95. The fourth-order valence-electron chi connectivity index (χ4n) is 8.21. The van der Waals surface area contributed by atoms with Gasteiger partial charge in [-0.25, -0.2) is 9.37 Å². The van der Waals surface area contributed by atoms with Gasteiger partial charge in [0.25, 0.3) is 0 Å². The molecule has 4 fully saturated rings. The van der Waals surface area contributed by atoms with Gasteiger partial charge in [-0.1, -0.05) is 34.7 Å². The van der Waals surface area contributed by atoms with Crippen LogP contribution in [0.4, 0.5) is 9.52 Å². The summed E-state index contributed by atoms with van der Waals surface area (Å²) < 4.78 is 21.7. The molecule has 1 spiro atoms. The molecule has 4 nitrogen and oxygen atoms in total. The van der Waals surface area contributed by atoms with Crippen molar-refractivity contribution in [3.8, 4) is 11.3 Å². The molecule has 4 heterocycles. The van der Waals surface area contributed by atoms with E-state index in [1.54, 1.807) is 17.4 Å². The topological polar surface area (TPSA) is 42.2 Å². The van der Waals surface area contributed by atoms with E-state index in [9.17, 15) is 4.39 Å². The molecule has 4 aliphatic rings. The maximum absolute atomic E-state index is 14.6. The van der Waals surface area contributed by atoms with Gasteiger partial charge in [0.15, 0.2) is 10.9 Å². The van der Waals surface area contributed by atoms with Crippen molar-refractivity contribution in [2.75, 3.05) is 4.90 Å². The van der Waals surface area contributed by atoms with Crippen LogP contribution in [0.1, 0.15) is 91.2 Å². The first-order chi connectivity index (χ1) is 18.4. The van der Waals surface area contributed by atoms with Crippen molar-refractivity contribution < 1.29 is 8.91 Å².